The topological polar surface area (TPSA) is 12.0 Å². The molecule has 0 fully saturated rings. The first-order valence-corrected chi connectivity index (χ1v) is 4.92. The summed E-state index contributed by atoms with van der Waals surface area (Å²) in [5.41, 5.74) is 1.25. The highest BCUT2D eigenvalue weighted by Crippen LogP contribution is 2.32. The second-order valence-electron chi connectivity index (χ2n) is 3.84. The maximum absolute atomic E-state index is 12.4. The number of benzene rings is 1. The number of fused-ring (bicyclic) bond motifs is 1. The molecule has 1 aliphatic heterocycles. The van der Waals surface area contributed by atoms with Crippen LogP contribution < -0.4 is 5.32 Å². The molecule has 4 heteroatoms. The van der Waals surface area contributed by atoms with Gasteiger partial charge in [0.15, 0.2) is 0 Å². The smallest absolute Gasteiger partial charge is 0.310 e. The second kappa shape index (κ2) is 3.52. The largest absolute Gasteiger partial charge is 0.416 e. The lowest BCUT2D eigenvalue weighted by molar-refractivity contribution is -0.137. The van der Waals surface area contributed by atoms with Gasteiger partial charge in [-0.1, -0.05) is 6.07 Å². The summed E-state index contributed by atoms with van der Waals surface area (Å²) in [5, 5.41) is 3.22. The minimum absolute atomic E-state index is 0.149. The van der Waals surface area contributed by atoms with Crippen LogP contribution in [0.15, 0.2) is 18.2 Å². The maximum atomic E-state index is 12.4. The molecule has 0 bridgehead atoms. The highest BCUT2D eigenvalue weighted by Gasteiger charge is 2.31. The van der Waals surface area contributed by atoms with Gasteiger partial charge >= 0.3 is 6.18 Å². The van der Waals surface area contributed by atoms with Crippen molar-refractivity contribution in [2.75, 3.05) is 6.54 Å². The molecule has 0 radical (unpaired) electrons. The van der Waals surface area contributed by atoms with Crippen LogP contribution in [0.25, 0.3) is 0 Å². The second-order valence-corrected chi connectivity index (χ2v) is 3.84. The Balaban J connectivity index is 2.42. The first-order valence-electron chi connectivity index (χ1n) is 4.92. The molecule has 15 heavy (non-hydrogen) atoms. The molecule has 1 nitrogen and oxygen atoms in total. The van der Waals surface area contributed by atoms with E-state index in [2.05, 4.69) is 5.32 Å². The summed E-state index contributed by atoms with van der Waals surface area (Å²) in [6.07, 6.45) is -3.56. The summed E-state index contributed by atoms with van der Waals surface area (Å²) in [6.45, 7) is 2.71. The lowest BCUT2D eigenvalue weighted by Crippen LogP contribution is -2.28. The molecule has 1 heterocycles. The minimum atomic E-state index is -4.23. The Kier molecular flexibility index (Phi) is 2.46. The fraction of sp³-hybridized carbons (Fsp3) is 0.455. The zero-order valence-corrected chi connectivity index (χ0v) is 8.36. The molecule has 1 aromatic rings. The van der Waals surface area contributed by atoms with Gasteiger partial charge in [0.2, 0.25) is 0 Å². The van der Waals surface area contributed by atoms with Crippen molar-refractivity contribution in [3.8, 4) is 0 Å². The number of rotatable bonds is 0. The van der Waals surface area contributed by atoms with Crippen LogP contribution in [-0.4, -0.2) is 6.54 Å². The van der Waals surface area contributed by atoms with E-state index >= 15 is 0 Å². The van der Waals surface area contributed by atoms with Crippen molar-refractivity contribution in [1.29, 1.82) is 0 Å². The molecule has 82 valence electrons. The molecule has 0 saturated heterocycles. The molecule has 0 spiro atoms. The van der Waals surface area contributed by atoms with Gasteiger partial charge < -0.3 is 5.32 Å². The van der Waals surface area contributed by atoms with Crippen LogP contribution in [0.5, 0.6) is 0 Å². The van der Waals surface area contributed by atoms with Crippen LogP contribution in [0.4, 0.5) is 13.2 Å². The molecule has 0 aromatic heterocycles. The van der Waals surface area contributed by atoms with E-state index in [0.717, 1.165) is 23.7 Å². The zero-order chi connectivity index (χ0) is 11.1. The predicted molar refractivity (Wildman–Crippen MR) is 51.6 cm³/mol. The molecule has 0 saturated carbocycles. The van der Waals surface area contributed by atoms with Gasteiger partial charge in [-0.3, -0.25) is 0 Å². The van der Waals surface area contributed by atoms with Crippen LogP contribution in [0.2, 0.25) is 0 Å². The van der Waals surface area contributed by atoms with Crippen LogP contribution in [-0.2, 0) is 12.6 Å². The van der Waals surface area contributed by atoms with Gasteiger partial charge in [-0.2, -0.15) is 13.2 Å². The molecular formula is C11H12F3N. The number of halogens is 3. The maximum Gasteiger partial charge on any atom is 0.416 e. The lowest BCUT2D eigenvalue weighted by atomic mass is 9.93. The molecular weight excluding hydrogens is 203 g/mol. The Labute approximate surface area is 86.3 Å². The summed E-state index contributed by atoms with van der Waals surface area (Å²) >= 11 is 0. The third-order valence-electron chi connectivity index (χ3n) is 2.78. The monoisotopic (exact) mass is 215 g/mol. The Bertz CT molecular complexity index is 371. The van der Waals surface area contributed by atoms with Gasteiger partial charge in [0.05, 0.1) is 5.56 Å². The number of hydrogen-bond acceptors (Lipinski definition) is 1. The van der Waals surface area contributed by atoms with E-state index in [1.807, 2.05) is 6.92 Å². The number of alkyl halides is 3. The van der Waals surface area contributed by atoms with Crippen molar-refractivity contribution in [1.82, 2.24) is 5.32 Å². The average Bonchev–Trinajstić information content (AvgIpc) is 2.16. The number of nitrogens with one attached hydrogen (secondary N) is 1. The predicted octanol–water partition coefficient (Wildman–Crippen LogP) is 2.91. The van der Waals surface area contributed by atoms with Gasteiger partial charge in [-0.25, -0.2) is 0 Å². The highest BCUT2D eigenvalue weighted by atomic mass is 19.4. The summed E-state index contributed by atoms with van der Waals surface area (Å²) in [6, 6.07) is 4.15. The zero-order valence-electron chi connectivity index (χ0n) is 8.36. The van der Waals surface area contributed by atoms with E-state index in [1.165, 1.54) is 6.07 Å². The Morgan fingerprint density at radius 1 is 1.33 bits per heavy atom. The van der Waals surface area contributed by atoms with Crippen molar-refractivity contribution in [3.05, 3.63) is 34.9 Å². The van der Waals surface area contributed by atoms with Crippen molar-refractivity contribution in [2.24, 2.45) is 0 Å². The fourth-order valence-electron chi connectivity index (χ4n) is 1.95. The van der Waals surface area contributed by atoms with Crippen molar-refractivity contribution in [2.45, 2.75) is 25.6 Å². The average molecular weight is 215 g/mol. The summed E-state index contributed by atoms with van der Waals surface area (Å²) in [5.74, 6) is 0. The van der Waals surface area contributed by atoms with Crippen molar-refractivity contribution in [3.63, 3.8) is 0 Å². The summed E-state index contributed by atoms with van der Waals surface area (Å²) < 4.78 is 37.3. The van der Waals surface area contributed by atoms with E-state index in [4.69, 9.17) is 0 Å². The van der Waals surface area contributed by atoms with E-state index in [0.29, 0.717) is 6.42 Å². The molecule has 0 amide bonds. The van der Waals surface area contributed by atoms with Crippen LogP contribution in [0.3, 0.4) is 0 Å². The van der Waals surface area contributed by atoms with Gasteiger partial charge in [0, 0.05) is 6.04 Å². The lowest BCUT2D eigenvalue weighted by Gasteiger charge is -2.24. The van der Waals surface area contributed by atoms with Gasteiger partial charge in [-0.05, 0) is 43.1 Å². The molecule has 1 N–H and O–H groups in total. The SMILES string of the molecule is CC1NCCc2cc(C(F)(F)F)ccc21. The minimum Gasteiger partial charge on any atom is -0.310 e. The van der Waals surface area contributed by atoms with Gasteiger partial charge in [-0.15, -0.1) is 0 Å². The molecule has 1 aromatic carbocycles. The van der Waals surface area contributed by atoms with E-state index in [1.54, 1.807) is 6.07 Å². The Hall–Kier alpha value is -1.03. The van der Waals surface area contributed by atoms with Gasteiger partial charge in [0.1, 0.15) is 0 Å². The van der Waals surface area contributed by atoms with Crippen LogP contribution in [0, 0.1) is 0 Å². The Morgan fingerprint density at radius 2 is 2.07 bits per heavy atom. The molecule has 1 aliphatic rings. The van der Waals surface area contributed by atoms with E-state index in [-0.39, 0.29) is 6.04 Å². The molecule has 2 rings (SSSR count). The highest BCUT2D eigenvalue weighted by molar-refractivity contribution is 5.37. The van der Waals surface area contributed by atoms with Crippen molar-refractivity contribution < 1.29 is 13.2 Å². The normalized spacial score (nSPS) is 21.2. The summed E-state index contributed by atoms with van der Waals surface area (Å²) in [4.78, 5) is 0. The van der Waals surface area contributed by atoms with E-state index < -0.39 is 11.7 Å². The summed E-state index contributed by atoms with van der Waals surface area (Å²) in [7, 11) is 0. The molecule has 1 atom stereocenters. The quantitative estimate of drug-likeness (QED) is 0.701. The first kappa shape index (κ1) is 10.5. The van der Waals surface area contributed by atoms with Gasteiger partial charge in [0.25, 0.3) is 0 Å². The third kappa shape index (κ3) is 2.00. The third-order valence-corrected chi connectivity index (χ3v) is 2.78. The number of hydrogen-bond donors (Lipinski definition) is 1. The molecule has 0 aliphatic carbocycles. The first-order chi connectivity index (χ1) is 6.98. The van der Waals surface area contributed by atoms with Crippen LogP contribution in [0.1, 0.15) is 29.7 Å². The van der Waals surface area contributed by atoms with E-state index in [9.17, 15) is 13.2 Å². The fourth-order valence-corrected chi connectivity index (χ4v) is 1.95. The Morgan fingerprint density at radius 3 is 2.73 bits per heavy atom. The van der Waals surface area contributed by atoms with Crippen LogP contribution >= 0.6 is 0 Å². The molecule has 1 unspecified atom stereocenters. The standard InChI is InChI=1S/C11H12F3N/c1-7-10-3-2-9(11(12,13)14)6-8(10)4-5-15-7/h2-3,6-7,15H,4-5H2,1H3. The van der Waals surface area contributed by atoms with Crippen molar-refractivity contribution >= 4 is 0 Å².